The second kappa shape index (κ2) is 5.31. The predicted molar refractivity (Wildman–Crippen MR) is 57.0 cm³/mol. The Balaban J connectivity index is 2.75. The van der Waals surface area contributed by atoms with Crippen molar-refractivity contribution >= 4 is 5.69 Å². The van der Waals surface area contributed by atoms with Crippen LogP contribution in [0, 0.1) is 17.0 Å². The second-order valence-corrected chi connectivity index (χ2v) is 3.25. The summed E-state index contributed by atoms with van der Waals surface area (Å²) in [5, 5.41) is 10.6. The second-order valence-electron chi connectivity index (χ2n) is 3.25. The van der Waals surface area contributed by atoms with E-state index in [4.69, 9.17) is 10.5 Å². The van der Waals surface area contributed by atoms with Crippen molar-refractivity contribution in [3.63, 3.8) is 0 Å². The summed E-state index contributed by atoms with van der Waals surface area (Å²) in [6, 6.07) is 4.70. The summed E-state index contributed by atoms with van der Waals surface area (Å²) in [5.74, 6) is 0.523. The molecule has 0 amide bonds. The molecule has 0 bridgehead atoms. The van der Waals surface area contributed by atoms with Crippen LogP contribution >= 0.6 is 0 Å². The van der Waals surface area contributed by atoms with Crippen LogP contribution in [0.4, 0.5) is 5.69 Å². The van der Waals surface area contributed by atoms with E-state index in [9.17, 15) is 10.1 Å². The van der Waals surface area contributed by atoms with E-state index in [-0.39, 0.29) is 5.69 Å². The standard InChI is InChI=1S/C10H14N2O3/c1-8-5-9(12(13)14)7-10(6-8)15-4-2-3-11/h5-7H,2-4,11H2,1H3. The number of non-ortho nitro benzene ring substituents is 1. The molecule has 0 unspecified atom stereocenters. The van der Waals surface area contributed by atoms with Gasteiger partial charge in [-0.2, -0.15) is 0 Å². The number of aryl methyl sites for hydroxylation is 1. The molecule has 5 heteroatoms. The third-order valence-corrected chi connectivity index (χ3v) is 1.86. The Morgan fingerprint density at radius 3 is 2.80 bits per heavy atom. The number of nitro benzene ring substituents is 1. The highest BCUT2D eigenvalue weighted by Gasteiger charge is 2.08. The monoisotopic (exact) mass is 210 g/mol. The zero-order valence-electron chi connectivity index (χ0n) is 8.60. The number of rotatable bonds is 5. The zero-order chi connectivity index (χ0) is 11.3. The van der Waals surface area contributed by atoms with E-state index in [0.717, 1.165) is 12.0 Å². The molecule has 0 spiro atoms. The maximum Gasteiger partial charge on any atom is 0.273 e. The molecule has 0 radical (unpaired) electrons. The van der Waals surface area contributed by atoms with Crippen molar-refractivity contribution in [3.8, 4) is 5.75 Å². The van der Waals surface area contributed by atoms with Crippen molar-refractivity contribution in [2.75, 3.05) is 13.2 Å². The van der Waals surface area contributed by atoms with Gasteiger partial charge in [0.25, 0.3) is 5.69 Å². The Hall–Kier alpha value is -1.62. The Bertz CT molecular complexity index is 353. The normalized spacial score (nSPS) is 10.0. The smallest absolute Gasteiger partial charge is 0.273 e. The number of hydrogen-bond donors (Lipinski definition) is 1. The minimum atomic E-state index is -0.428. The molecule has 0 aliphatic carbocycles. The van der Waals surface area contributed by atoms with Gasteiger partial charge in [-0.05, 0) is 31.5 Å². The summed E-state index contributed by atoms with van der Waals surface area (Å²) in [5.41, 5.74) is 6.18. The molecule has 0 aliphatic rings. The van der Waals surface area contributed by atoms with E-state index >= 15 is 0 Å². The molecule has 0 saturated heterocycles. The highest BCUT2D eigenvalue weighted by Crippen LogP contribution is 2.22. The molecule has 1 aromatic rings. The summed E-state index contributed by atoms with van der Waals surface area (Å²) in [6.45, 7) is 2.83. The Labute approximate surface area is 88.0 Å². The lowest BCUT2D eigenvalue weighted by molar-refractivity contribution is -0.385. The Morgan fingerprint density at radius 1 is 1.47 bits per heavy atom. The molecule has 5 nitrogen and oxygen atoms in total. The van der Waals surface area contributed by atoms with Crippen molar-refractivity contribution in [1.29, 1.82) is 0 Å². The minimum absolute atomic E-state index is 0.0535. The summed E-state index contributed by atoms with van der Waals surface area (Å²) in [4.78, 5) is 10.1. The lowest BCUT2D eigenvalue weighted by Crippen LogP contribution is -2.06. The number of ether oxygens (including phenoxy) is 1. The van der Waals surface area contributed by atoms with Crippen LogP contribution in [0.5, 0.6) is 5.75 Å². The maximum atomic E-state index is 10.6. The van der Waals surface area contributed by atoms with E-state index in [1.54, 1.807) is 13.0 Å². The fourth-order valence-corrected chi connectivity index (χ4v) is 1.19. The molecular weight excluding hydrogens is 196 g/mol. The van der Waals surface area contributed by atoms with Gasteiger partial charge in [0.2, 0.25) is 0 Å². The maximum absolute atomic E-state index is 10.6. The first-order valence-electron chi connectivity index (χ1n) is 4.72. The first-order chi connectivity index (χ1) is 7.13. The fourth-order valence-electron chi connectivity index (χ4n) is 1.19. The summed E-state index contributed by atoms with van der Waals surface area (Å²) in [6.07, 6.45) is 0.738. The third kappa shape index (κ3) is 3.55. The van der Waals surface area contributed by atoms with Crippen LogP contribution in [-0.4, -0.2) is 18.1 Å². The Kier molecular flexibility index (Phi) is 4.05. The average molecular weight is 210 g/mol. The van der Waals surface area contributed by atoms with Crippen LogP contribution in [-0.2, 0) is 0 Å². The van der Waals surface area contributed by atoms with Crippen LogP contribution in [0.2, 0.25) is 0 Å². The van der Waals surface area contributed by atoms with Gasteiger partial charge in [0, 0.05) is 6.07 Å². The summed E-state index contributed by atoms with van der Waals surface area (Å²) >= 11 is 0. The van der Waals surface area contributed by atoms with Crippen LogP contribution in [0.1, 0.15) is 12.0 Å². The lowest BCUT2D eigenvalue weighted by atomic mass is 10.2. The largest absolute Gasteiger partial charge is 0.493 e. The topological polar surface area (TPSA) is 78.4 Å². The van der Waals surface area contributed by atoms with E-state index in [2.05, 4.69) is 0 Å². The first-order valence-corrected chi connectivity index (χ1v) is 4.72. The van der Waals surface area contributed by atoms with Crippen molar-refractivity contribution in [2.45, 2.75) is 13.3 Å². The van der Waals surface area contributed by atoms with Gasteiger partial charge in [0.1, 0.15) is 5.75 Å². The van der Waals surface area contributed by atoms with E-state index in [0.29, 0.717) is 18.9 Å². The highest BCUT2D eigenvalue weighted by atomic mass is 16.6. The van der Waals surface area contributed by atoms with E-state index in [1.807, 2.05) is 0 Å². The molecule has 15 heavy (non-hydrogen) atoms. The van der Waals surface area contributed by atoms with Gasteiger partial charge in [-0.1, -0.05) is 0 Å². The van der Waals surface area contributed by atoms with E-state index in [1.165, 1.54) is 12.1 Å². The number of nitrogens with two attached hydrogens (primary N) is 1. The van der Waals surface area contributed by atoms with Gasteiger partial charge < -0.3 is 10.5 Å². The number of hydrogen-bond acceptors (Lipinski definition) is 4. The van der Waals surface area contributed by atoms with Gasteiger partial charge in [-0.3, -0.25) is 10.1 Å². The number of nitrogens with zero attached hydrogens (tertiary/aromatic N) is 1. The predicted octanol–water partition coefficient (Wildman–Crippen LogP) is 1.63. The molecule has 1 aromatic carbocycles. The third-order valence-electron chi connectivity index (χ3n) is 1.86. The summed E-state index contributed by atoms with van der Waals surface area (Å²) < 4.78 is 5.33. The van der Waals surface area contributed by atoms with Crippen LogP contribution in [0.25, 0.3) is 0 Å². The molecular formula is C10H14N2O3. The first kappa shape index (κ1) is 11.5. The molecule has 82 valence electrons. The SMILES string of the molecule is Cc1cc(OCCCN)cc([N+](=O)[O-])c1. The molecule has 1 rings (SSSR count). The Morgan fingerprint density at radius 2 is 2.20 bits per heavy atom. The van der Waals surface area contributed by atoms with Crippen LogP contribution in [0.3, 0.4) is 0 Å². The van der Waals surface area contributed by atoms with Crippen molar-refractivity contribution in [2.24, 2.45) is 5.73 Å². The van der Waals surface area contributed by atoms with Crippen molar-refractivity contribution in [1.82, 2.24) is 0 Å². The van der Waals surface area contributed by atoms with Gasteiger partial charge in [-0.25, -0.2) is 0 Å². The highest BCUT2D eigenvalue weighted by molar-refractivity contribution is 5.42. The average Bonchev–Trinajstić information content (AvgIpc) is 2.17. The fraction of sp³-hybridized carbons (Fsp3) is 0.400. The molecule has 2 N–H and O–H groups in total. The number of nitro groups is 1. The number of benzene rings is 1. The van der Waals surface area contributed by atoms with Gasteiger partial charge in [0.05, 0.1) is 17.6 Å². The van der Waals surface area contributed by atoms with Gasteiger partial charge in [0.15, 0.2) is 0 Å². The molecule has 0 aliphatic heterocycles. The van der Waals surface area contributed by atoms with E-state index < -0.39 is 4.92 Å². The minimum Gasteiger partial charge on any atom is -0.493 e. The lowest BCUT2D eigenvalue weighted by Gasteiger charge is -2.05. The van der Waals surface area contributed by atoms with Crippen molar-refractivity contribution < 1.29 is 9.66 Å². The molecule has 0 saturated carbocycles. The van der Waals surface area contributed by atoms with Crippen LogP contribution < -0.4 is 10.5 Å². The molecule has 0 atom stereocenters. The van der Waals surface area contributed by atoms with Crippen molar-refractivity contribution in [3.05, 3.63) is 33.9 Å². The van der Waals surface area contributed by atoms with Crippen LogP contribution in [0.15, 0.2) is 18.2 Å². The molecule has 0 fully saturated rings. The summed E-state index contributed by atoms with van der Waals surface area (Å²) in [7, 11) is 0. The van der Waals surface area contributed by atoms with Gasteiger partial charge >= 0.3 is 0 Å². The molecule has 0 aromatic heterocycles. The van der Waals surface area contributed by atoms with Gasteiger partial charge in [-0.15, -0.1) is 0 Å². The quantitative estimate of drug-likeness (QED) is 0.455. The molecule has 0 heterocycles. The zero-order valence-corrected chi connectivity index (χ0v) is 8.60.